The molecule has 1 N–H and O–H groups in total. The molecule has 3 heterocycles. The first-order valence-corrected chi connectivity index (χ1v) is 9.95. The molecular formula is C22H19F4N5O. The molecule has 0 spiro atoms. The van der Waals surface area contributed by atoms with Crippen LogP contribution in [0.5, 0.6) is 0 Å². The molecule has 3 aromatic rings. The van der Waals surface area contributed by atoms with Gasteiger partial charge in [-0.3, -0.25) is 9.78 Å². The Morgan fingerprint density at radius 1 is 1.16 bits per heavy atom. The quantitative estimate of drug-likeness (QED) is 0.600. The molecule has 1 aliphatic rings. The number of hydrogen-bond donors (Lipinski definition) is 1. The van der Waals surface area contributed by atoms with Gasteiger partial charge in [0, 0.05) is 43.0 Å². The Balaban J connectivity index is 1.69. The molecule has 1 fully saturated rings. The number of benzene rings is 1. The maximum Gasteiger partial charge on any atom is 0.416 e. The summed E-state index contributed by atoms with van der Waals surface area (Å²) in [7, 11) is 0. The van der Waals surface area contributed by atoms with Gasteiger partial charge in [-0.2, -0.15) is 13.2 Å². The number of anilines is 1. The van der Waals surface area contributed by atoms with Gasteiger partial charge in [-0.1, -0.05) is 6.92 Å². The second kappa shape index (κ2) is 8.52. The zero-order chi connectivity index (χ0) is 22.9. The normalized spacial score (nSPS) is 14.2. The maximum atomic E-state index is 14.7. The molecule has 4 rings (SSSR count). The monoisotopic (exact) mass is 445 g/mol. The molecule has 2 aromatic heterocycles. The SMILES string of the molecule is CCC(=O)NC1CN(c2cnc(-c3ccc(C(F)(F)F)cc3F)c(-c3ccncc3)n2)C1. The first kappa shape index (κ1) is 21.7. The van der Waals surface area contributed by atoms with Crippen LogP contribution in [0.25, 0.3) is 22.5 Å². The highest BCUT2D eigenvalue weighted by atomic mass is 19.4. The molecule has 0 atom stereocenters. The lowest BCUT2D eigenvalue weighted by Crippen LogP contribution is -2.59. The summed E-state index contributed by atoms with van der Waals surface area (Å²) in [6.45, 7) is 2.87. The number of pyridine rings is 1. The molecule has 0 saturated carbocycles. The van der Waals surface area contributed by atoms with E-state index in [1.807, 2.05) is 4.90 Å². The lowest BCUT2D eigenvalue weighted by Gasteiger charge is -2.40. The Bertz CT molecular complexity index is 1130. The van der Waals surface area contributed by atoms with E-state index in [-0.39, 0.29) is 23.2 Å². The molecule has 0 bridgehead atoms. The first-order valence-electron chi connectivity index (χ1n) is 9.95. The molecule has 6 nitrogen and oxygen atoms in total. The number of aromatic nitrogens is 3. The van der Waals surface area contributed by atoms with E-state index in [1.165, 1.54) is 18.6 Å². The van der Waals surface area contributed by atoms with Crippen molar-refractivity contribution in [3.63, 3.8) is 0 Å². The molecular weight excluding hydrogens is 426 g/mol. The van der Waals surface area contributed by atoms with Crippen LogP contribution < -0.4 is 10.2 Å². The summed E-state index contributed by atoms with van der Waals surface area (Å²) < 4.78 is 53.5. The second-order valence-electron chi connectivity index (χ2n) is 7.38. The molecule has 10 heteroatoms. The third-order valence-corrected chi connectivity index (χ3v) is 5.16. The summed E-state index contributed by atoms with van der Waals surface area (Å²) in [6, 6.07) is 5.67. The van der Waals surface area contributed by atoms with Crippen molar-refractivity contribution in [2.75, 3.05) is 18.0 Å². The standard InChI is InChI=1S/C22H19F4N5O/c1-2-19(32)29-15-11-31(12-15)18-10-28-21(20(30-18)13-5-7-27-8-6-13)16-4-3-14(9-17(16)23)22(24,25)26/h3-10,15H,2,11-12H2,1H3,(H,29,32). The number of rotatable bonds is 5. The largest absolute Gasteiger partial charge is 0.416 e. The summed E-state index contributed by atoms with van der Waals surface area (Å²) in [5, 5.41) is 2.90. The smallest absolute Gasteiger partial charge is 0.351 e. The molecule has 1 amide bonds. The van der Waals surface area contributed by atoms with Gasteiger partial charge in [0.1, 0.15) is 11.6 Å². The van der Waals surface area contributed by atoms with E-state index in [0.29, 0.717) is 42.7 Å². The van der Waals surface area contributed by atoms with E-state index in [4.69, 9.17) is 0 Å². The number of hydrogen-bond acceptors (Lipinski definition) is 5. The number of carbonyl (C=O) groups is 1. The molecule has 1 aromatic carbocycles. The fourth-order valence-electron chi connectivity index (χ4n) is 3.41. The summed E-state index contributed by atoms with van der Waals surface area (Å²) in [5.41, 5.74) is -0.109. The number of amides is 1. The van der Waals surface area contributed by atoms with Crippen LogP contribution in [0.15, 0.2) is 48.9 Å². The molecule has 0 unspecified atom stereocenters. The third kappa shape index (κ3) is 4.39. The van der Waals surface area contributed by atoms with Crippen LogP contribution in [0.4, 0.5) is 23.4 Å². The predicted octanol–water partition coefficient (Wildman–Crippen LogP) is 4.08. The van der Waals surface area contributed by atoms with Crippen LogP contribution in [0.2, 0.25) is 0 Å². The average molecular weight is 445 g/mol. The zero-order valence-electron chi connectivity index (χ0n) is 17.0. The van der Waals surface area contributed by atoms with E-state index >= 15 is 0 Å². The van der Waals surface area contributed by atoms with Crippen LogP contribution in [-0.2, 0) is 11.0 Å². The Labute approximate surface area is 181 Å². The fraction of sp³-hybridized carbons (Fsp3) is 0.273. The van der Waals surface area contributed by atoms with Gasteiger partial charge >= 0.3 is 6.18 Å². The van der Waals surface area contributed by atoms with Crippen molar-refractivity contribution >= 4 is 11.7 Å². The van der Waals surface area contributed by atoms with Crippen LogP contribution in [0, 0.1) is 5.82 Å². The third-order valence-electron chi connectivity index (χ3n) is 5.16. The number of carbonyl (C=O) groups excluding carboxylic acids is 1. The summed E-state index contributed by atoms with van der Waals surface area (Å²) >= 11 is 0. The van der Waals surface area contributed by atoms with Crippen molar-refractivity contribution in [1.82, 2.24) is 20.3 Å². The van der Waals surface area contributed by atoms with E-state index in [9.17, 15) is 22.4 Å². The first-order chi connectivity index (χ1) is 15.3. The van der Waals surface area contributed by atoms with Gasteiger partial charge in [0.2, 0.25) is 5.91 Å². The van der Waals surface area contributed by atoms with Gasteiger partial charge in [0.05, 0.1) is 29.2 Å². The van der Waals surface area contributed by atoms with Crippen molar-refractivity contribution in [2.45, 2.75) is 25.6 Å². The lowest BCUT2D eigenvalue weighted by molar-refractivity contribution is -0.137. The molecule has 32 heavy (non-hydrogen) atoms. The van der Waals surface area contributed by atoms with Crippen molar-refractivity contribution in [3.05, 3.63) is 60.3 Å². The Morgan fingerprint density at radius 2 is 1.88 bits per heavy atom. The van der Waals surface area contributed by atoms with Crippen molar-refractivity contribution < 1.29 is 22.4 Å². The number of nitrogens with one attached hydrogen (secondary N) is 1. The average Bonchev–Trinajstić information content (AvgIpc) is 2.75. The number of halogens is 4. The van der Waals surface area contributed by atoms with Crippen molar-refractivity contribution in [3.8, 4) is 22.5 Å². The van der Waals surface area contributed by atoms with Gasteiger partial charge in [0.25, 0.3) is 0 Å². The van der Waals surface area contributed by atoms with E-state index < -0.39 is 17.6 Å². The Kier molecular flexibility index (Phi) is 5.77. The Hall–Kier alpha value is -3.56. The minimum absolute atomic E-state index is 0.000610. The van der Waals surface area contributed by atoms with Gasteiger partial charge in [-0.15, -0.1) is 0 Å². The predicted molar refractivity (Wildman–Crippen MR) is 110 cm³/mol. The van der Waals surface area contributed by atoms with Crippen molar-refractivity contribution in [2.24, 2.45) is 0 Å². The summed E-state index contributed by atoms with van der Waals surface area (Å²) in [5.74, 6) is -0.551. The van der Waals surface area contributed by atoms with Crippen LogP contribution in [-0.4, -0.2) is 40.0 Å². The van der Waals surface area contributed by atoms with Crippen LogP contribution in [0.1, 0.15) is 18.9 Å². The van der Waals surface area contributed by atoms with Gasteiger partial charge in [-0.25, -0.2) is 14.4 Å². The minimum Gasteiger partial charge on any atom is -0.351 e. The maximum absolute atomic E-state index is 14.7. The van der Waals surface area contributed by atoms with Gasteiger partial charge < -0.3 is 10.2 Å². The fourth-order valence-corrected chi connectivity index (χ4v) is 3.41. The molecule has 1 aliphatic heterocycles. The highest BCUT2D eigenvalue weighted by Crippen LogP contribution is 2.36. The second-order valence-corrected chi connectivity index (χ2v) is 7.38. The minimum atomic E-state index is -4.65. The topological polar surface area (TPSA) is 71.0 Å². The molecule has 0 aliphatic carbocycles. The number of nitrogens with zero attached hydrogens (tertiary/aromatic N) is 4. The highest BCUT2D eigenvalue weighted by molar-refractivity contribution is 5.79. The van der Waals surface area contributed by atoms with Crippen LogP contribution in [0.3, 0.4) is 0 Å². The summed E-state index contributed by atoms with van der Waals surface area (Å²) in [6.07, 6.45) is 0.280. The molecule has 166 valence electrons. The molecule has 0 radical (unpaired) electrons. The highest BCUT2D eigenvalue weighted by Gasteiger charge is 2.32. The van der Waals surface area contributed by atoms with Gasteiger partial charge in [0.15, 0.2) is 0 Å². The van der Waals surface area contributed by atoms with Crippen LogP contribution >= 0.6 is 0 Å². The number of alkyl halides is 3. The van der Waals surface area contributed by atoms with E-state index in [1.54, 1.807) is 19.1 Å². The van der Waals surface area contributed by atoms with Crippen molar-refractivity contribution in [1.29, 1.82) is 0 Å². The Morgan fingerprint density at radius 3 is 2.50 bits per heavy atom. The van der Waals surface area contributed by atoms with E-state index in [2.05, 4.69) is 20.3 Å². The van der Waals surface area contributed by atoms with Gasteiger partial charge in [-0.05, 0) is 30.3 Å². The summed E-state index contributed by atoms with van der Waals surface area (Å²) in [4.78, 5) is 26.4. The van der Waals surface area contributed by atoms with E-state index in [0.717, 1.165) is 12.1 Å². The lowest BCUT2D eigenvalue weighted by atomic mass is 10.0. The molecule has 1 saturated heterocycles. The zero-order valence-corrected chi connectivity index (χ0v) is 17.0.